The standard InChI is InChI=1S/C12H13N3/c1-12(2,3)15-11-5-4-9(7-13)6-10(11)8-14-15/h4-6,8H,1-3H3. The van der Waals surface area contributed by atoms with Crippen LogP contribution in [0.3, 0.4) is 0 Å². The van der Waals surface area contributed by atoms with Crippen LogP contribution in [0.15, 0.2) is 24.4 Å². The van der Waals surface area contributed by atoms with Gasteiger partial charge in [0.15, 0.2) is 0 Å². The third-order valence-corrected chi connectivity index (χ3v) is 2.33. The quantitative estimate of drug-likeness (QED) is 0.654. The molecular weight excluding hydrogens is 186 g/mol. The van der Waals surface area contributed by atoms with Gasteiger partial charge in [0.2, 0.25) is 0 Å². The lowest BCUT2D eigenvalue weighted by Gasteiger charge is -2.20. The predicted octanol–water partition coefficient (Wildman–Crippen LogP) is 2.66. The molecule has 1 aromatic heterocycles. The summed E-state index contributed by atoms with van der Waals surface area (Å²) in [7, 11) is 0. The van der Waals surface area contributed by atoms with Crippen molar-refractivity contribution in [2.75, 3.05) is 0 Å². The molecule has 0 aliphatic heterocycles. The number of nitrogens with zero attached hydrogens (tertiary/aromatic N) is 3. The van der Waals surface area contributed by atoms with Gasteiger partial charge >= 0.3 is 0 Å². The highest BCUT2D eigenvalue weighted by Crippen LogP contribution is 2.22. The minimum absolute atomic E-state index is 0.0318. The molecule has 3 nitrogen and oxygen atoms in total. The summed E-state index contributed by atoms with van der Waals surface area (Å²) in [6.45, 7) is 6.33. The van der Waals surface area contributed by atoms with Crippen LogP contribution in [-0.2, 0) is 5.54 Å². The molecule has 0 aliphatic rings. The number of hydrogen-bond acceptors (Lipinski definition) is 2. The Bertz CT molecular complexity index is 538. The highest BCUT2D eigenvalue weighted by molar-refractivity contribution is 5.80. The van der Waals surface area contributed by atoms with E-state index in [1.54, 1.807) is 6.20 Å². The molecule has 2 rings (SSSR count). The molecule has 0 unspecified atom stereocenters. The van der Waals surface area contributed by atoms with Gasteiger partial charge in [0.05, 0.1) is 28.9 Å². The maximum atomic E-state index is 8.79. The van der Waals surface area contributed by atoms with Gasteiger partial charge in [0.25, 0.3) is 0 Å². The lowest BCUT2D eigenvalue weighted by Crippen LogP contribution is -2.22. The average molecular weight is 199 g/mol. The van der Waals surface area contributed by atoms with Crippen molar-refractivity contribution in [3.05, 3.63) is 30.0 Å². The van der Waals surface area contributed by atoms with Crippen LogP contribution in [-0.4, -0.2) is 9.78 Å². The van der Waals surface area contributed by atoms with Crippen LogP contribution in [0, 0.1) is 11.3 Å². The number of fused-ring (bicyclic) bond motifs is 1. The van der Waals surface area contributed by atoms with Gasteiger partial charge in [-0.25, -0.2) is 0 Å². The molecule has 2 aromatic rings. The highest BCUT2D eigenvalue weighted by Gasteiger charge is 2.16. The normalized spacial score (nSPS) is 11.6. The Morgan fingerprint density at radius 3 is 2.67 bits per heavy atom. The van der Waals surface area contributed by atoms with Crippen molar-refractivity contribution in [3.63, 3.8) is 0 Å². The highest BCUT2D eigenvalue weighted by atomic mass is 15.3. The lowest BCUT2D eigenvalue weighted by molar-refractivity contribution is 0.368. The second-order valence-electron chi connectivity index (χ2n) is 4.61. The van der Waals surface area contributed by atoms with Gasteiger partial charge in [0, 0.05) is 5.39 Å². The Morgan fingerprint density at radius 2 is 2.07 bits per heavy atom. The zero-order valence-electron chi connectivity index (χ0n) is 9.15. The van der Waals surface area contributed by atoms with Gasteiger partial charge in [-0.05, 0) is 39.0 Å². The van der Waals surface area contributed by atoms with Crippen LogP contribution in [0.4, 0.5) is 0 Å². The number of nitriles is 1. The molecule has 0 aliphatic carbocycles. The van der Waals surface area contributed by atoms with Crippen molar-refractivity contribution in [3.8, 4) is 6.07 Å². The largest absolute Gasteiger partial charge is 0.260 e. The summed E-state index contributed by atoms with van der Waals surface area (Å²) in [4.78, 5) is 0. The van der Waals surface area contributed by atoms with E-state index in [1.165, 1.54) is 0 Å². The Morgan fingerprint density at radius 1 is 1.33 bits per heavy atom. The Balaban J connectivity index is 2.69. The summed E-state index contributed by atoms with van der Waals surface area (Å²) in [6, 6.07) is 7.77. The molecule has 0 fully saturated rings. The SMILES string of the molecule is CC(C)(C)n1ncc2cc(C#N)ccc21. The zero-order chi connectivity index (χ0) is 11.1. The fourth-order valence-corrected chi connectivity index (χ4v) is 1.64. The van der Waals surface area contributed by atoms with Crippen molar-refractivity contribution in [2.45, 2.75) is 26.3 Å². The molecule has 15 heavy (non-hydrogen) atoms. The van der Waals surface area contributed by atoms with Crippen LogP contribution < -0.4 is 0 Å². The van der Waals surface area contributed by atoms with Crippen LogP contribution >= 0.6 is 0 Å². The summed E-state index contributed by atoms with van der Waals surface area (Å²) >= 11 is 0. The van der Waals surface area contributed by atoms with E-state index in [9.17, 15) is 0 Å². The molecule has 0 saturated carbocycles. The topological polar surface area (TPSA) is 41.6 Å². The van der Waals surface area contributed by atoms with E-state index in [-0.39, 0.29) is 5.54 Å². The van der Waals surface area contributed by atoms with Crippen molar-refractivity contribution in [1.29, 1.82) is 5.26 Å². The molecule has 1 heterocycles. The van der Waals surface area contributed by atoms with Crippen molar-refractivity contribution < 1.29 is 0 Å². The average Bonchev–Trinajstić information content (AvgIpc) is 2.59. The van der Waals surface area contributed by atoms with Crippen molar-refractivity contribution in [1.82, 2.24) is 9.78 Å². The van der Waals surface area contributed by atoms with Crippen LogP contribution in [0.5, 0.6) is 0 Å². The maximum Gasteiger partial charge on any atom is 0.0991 e. The molecule has 0 N–H and O–H groups in total. The monoisotopic (exact) mass is 199 g/mol. The van der Waals surface area contributed by atoms with Gasteiger partial charge in [-0.1, -0.05) is 0 Å². The molecule has 1 aromatic carbocycles. The van der Waals surface area contributed by atoms with Gasteiger partial charge in [-0.2, -0.15) is 10.4 Å². The Labute approximate surface area is 88.9 Å². The van der Waals surface area contributed by atoms with Gasteiger partial charge < -0.3 is 0 Å². The smallest absolute Gasteiger partial charge is 0.0991 e. The molecule has 0 bridgehead atoms. The van der Waals surface area contributed by atoms with E-state index >= 15 is 0 Å². The second-order valence-corrected chi connectivity index (χ2v) is 4.61. The van der Waals surface area contributed by atoms with E-state index in [1.807, 2.05) is 22.9 Å². The number of benzene rings is 1. The predicted molar refractivity (Wildman–Crippen MR) is 59.4 cm³/mol. The molecule has 0 amide bonds. The summed E-state index contributed by atoms with van der Waals surface area (Å²) in [5, 5.41) is 14.2. The van der Waals surface area contributed by atoms with Crippen LogP contribution in [0.25, 0.3) is 10.9 Å². The molecule has 0 spiro atoms. The minimum Gasteiger partial charge on any atom is -0.260 e. The van der Waals surface area contributed by atoms with Crippen molar-refractivity contribution >= 4 is 10.9 Å². The van der Waals surface area contributed by atoms with Gasteiger partial charge in [-0.3, -0.25) is 4.68 Å². The molecule has 0 radical (unpaired) electrons. The number of hydrogen-bond donors (Lipinski definition) is 0. The maximum absolute atomic E-state index is 8.79. The lowest BCUT2D eigenvalue weighted by atomic mass is 10.1. The van der Waals surface area contributed by atoms with Gasteiger partial charge in [-0.15, -0.1) is 0 Å². The molecule has 3 heteroatoms. The fraction of sp³-hybridized carbons (Fsp3) is 0.333. The Kier molecular flexibility index (Phi) is 2.01. The van der Waals surface area contributed by atoms with E-state index in [0.29, 0.717) is 5.56 Å². The molecular formula is C12H13N3. The van der Waals surface area contributed by atoms with Crippen LogP contribution in [0.1, 0.15) is 26.3 Å². The van der Waals surface area contributed by atoms with E-state index < -0.39 is 0 Å². The number of aromatic nitrogens is 2. The second kappa shape index (κ2) is 3.09. The minimum atomic E-state index is -0.0318. The Hall–Kier alpha value is -1.82. The first-order valence-electron chi connectivity index (χ1n) is 4.91. The first kappa shape index (κ1) is 9.72. The summed E-state index contributed by atoms with van der Waals surface area (Å²) < 4.78 is 1.98. The summed E-state index contributed by atoms with van der Waals surface area (Å²) in [5.74, 6) is 0. The summed E-state index contributed by atoms with van der Waals surface area (Å²) in [5.41, 5.74) is 1.72. The first-order chi connectivity index (χ1) is 7.02. The molecule has 0 atom stereocenters. The first-order valence-corrected chi connectivity index (χ1v) is 4.91. The third kappa shape index (κ3) is 1.59. The summed E-state index contributed by atoms with van der Waals surface area (Å²) in [6.07, 6.45) is 1.81. The number of rotatable bonds is 0. The van der Waals surface area contributed by atoms with E-state index in [0.717, 1.165) is 10.9 Å². The van der Waals surface area contributed by atoms with E-state index in [4.69, 9.17) is 5.26 Å². The zero-order valence-corrected chi connectivity index (χ0v) is 9.15. The van der Waals surface area contributed by atoms with Gasteiger partial charge in [0.1, 0.15) is 0 Å². The van der Waals surface area contributed by atoms with Crippen molar-refractivity contribution in [2.24, 2.45) is 0 Å². The molecule has 76 valence electrons. The van der Waals surface area contributed by atoms with E-state index in [2.05, 4.69) is 31.9 Å². The fourth-order valence-electron chi connectivity index (χ4n) is 1.64. The van der Waals surface area contributed by atoms with Crippen LogP contribution in [0.2, 0.25) is 0 Å². The molecule has 0 saturated heterocycles. The third-order valence-electron chi connectivity index (χ3n) is 2.33.